The SMILES string of the molecule is CC(=O)NCCCS(=O)(=O)OC(CCOC(=O)C1CCCCC1)C(C)(C)[C@H](C(=O)O)[P+](=O)O[P+](=O)O. The van der Waals surface area contributed by atoms with Gasteiger partial charge in [-0.15, -0.1) is 4.89 Å². The number of amides is 1. The van der Waals surface area contributed by atoms with Crippen LogP contribution in [0.5, 0.6) is 0 Å². The summed E-state index contributed by atoms with van der Waals surface area (Å²) in [4.78, 5) is 44.2. The van der Waals surface area contributed by atoms with Gasteiger partial charge in [-0.3, -0.25) is 13.8 Å². The largest absolute Gasteiger partial charge is 0.742 e. The Morgan fingerprint density at radius 3 is 2.28 bits per heavy atom. The van der Waals surface area contributed by atoms with Crippen molar-refractivity contribution in [2.24, 2.45) is 11.3 Å². The number of rotatable bonds is 16. The highest BCUT2D eigenvalue weighted by Gasteiger charge is 2.60. The van der Waals surface area contributed by atoms with E-state index in [1.54, 1.807) is 0 Å². The van der Waals surface area contributed by atoms with E-state index in [2.05, 4.69) is 9.63 Å². The third-order valence-electron chi connectivity index (χ3n) is 5.90. The van der Waals surface area contributed by atoms with E-state index in [1.165, 1.54) is 20.8 Å². The summed E-state index contributed by atoms with van der Waals surface area (Å²) in [7, 11) is -10.9. The lowest BCUT2D eigenvalue weighted by molar-refractivity contribution is -0.151. The van der Waals surface area contributed by atoms with Crippen molar-refractivity contribution in [3.63, 3.8) is 0 Å². The van der Waals surface area contributed by atoms with E-state index in [0.29, 0.717) is 12.8 Å². The van der Waals surface area contributed by atoms with Crippen molar-refractivity contribution in [2.75, 3.05) is 18.9 Å². The van der Waals surface area contributed by atoms with Gasteiger partial charge in [-0.2, -0.15) is 8.42 Å². The van der Waals surface area contributed by atoms with Crippen LogP contribution < -0.4 is 5.32 Å². The summed E-state index contributed by atoms with van der Waals surface area (Å²) in [5, 5.41) is 12.1. The highest BCUT2D eigenvalue weighted by molar-refractivity contribution is 7.86. The number of carbonyl (C=O) groups is 3. The fourth-order valence-electron chi connectivity index (χ4n) is 3.98. The van der Waals surface area contributed by atoms with Gasteiger partial charge in [0.25, 0.3) is 15.8 Å². The van der Waals surface area contributed by atoms with E-state index in [-0.39, 0.29) is 37.8 Å². The first kappa shape index (κ1) is 32.5. The van der Waals surface area contributed by atoms with Crippen molar-refractivity contribution >= 4 is 44.2 Å². The van der Waals surface area contributed by atoms with Crippen LogP contribution >= 0.6 is 16.3 Å². The number of hydrogen-bond donors (Lipinski definition) is 3. The van der Waals surface area contributed by atoms with Gasteiger partial charge in [0.15, 0.2) is 0 Å². The molecule has 1 aliphatic rings. The molecule has 16 heteroatoms. The van der Waals surface area contributed by atoms with Gasteiger partial charge >= 0.3 is 28.2 Å². The Balaban J connectivity index is 3.06. The Morgan fingerprint density at radius 1 is 1.14 bits per heavy atom. The van der Waals surface area contributed by atoms with Crippen LogP contribution in [0.1, 0.15) is 65.7 Å². The maximum atomic E-state index is 12.6. The van der Waals surface area contributed by atoms with Crippen molar-refractivity contribution < 1.29 is 55.2 Å². The fraction of sp³-hybridized carbons (Fsp3) is 0.850. The van der Waals surface area contributed by atoms with Gasteiger partial charge in [0.2, 0.25) is 5.91 Å². The molecule has 1 fully saturated rings. The molecule has 0 bridgehead atoms. The molecule has 1 saturated carbocycles. The standard InChI is InChI=1S/C20H33NO12P2S/c1-14(22)21-11-7-13-36(29,30)32-16(10-12-31-19(25)15-8-5-4-6-9-15)20(2,3)17(18(23)24)34(26)33-35(27)28/h15-17H,4-13H2,1-3H3,(H-2,21,22,23,24,27,28)/p+2/t16?,17-/m0/s1. The predicted molar refractivity (Wildman–Crippen MR) is 128 cm³/mol. The molecule has 36 heavy (non-hydrogen) atoms. The highest BCUT2D eigenvalue weighted by Crippen LogP contribution is 2.49. The Morgan fingerprint density at radius 2 is 1.75 bits per heavy atom. The van der Waals surface area contributed by atoms with Gasteiger partial charge in [-0.05, 0) is 23.8 Å². The Labute approximate surface area is 212 Å². The van der Waals surface area contributed by atoms with Crippen LogP contribution in [0.15, 0.2) is 0 Å². The highest BCUT2D eigenvalue weighted by atomic mass is 32.2. The number of carboxylic acid groups (broad SMARTS) is 1. The Bertz CT molecular complexity index is 918. The fourth-order valence-corrected chi connectivity index (χ4v) is 7.09. The Hall–Kier alpha value is -1.56. The molecule has 0 spiro atoms. The van der Waals surface area contributed by atoms with Crippen LogP contribution in [0, 0.1) is 11.3 Å². The summed E-state index contributed by atoms with van der Waals surface area (Å²) in [6, 6.07) is 0. The summed E-state index contributed by atoms with van der Waals surface area (Å²) in [5.41, 5.74) is -3.64. The summed E-state index contributed by atoms with van der Waals surface area (Å²) in [6.07, 6.45) is 2.51. The molecule has 1 aliphatic carbocycles. The lowest BCUT2D eigenvalue weighted by Gasteiger charge is -2.32. The van der Waals surface area contributed by atoms with Gasteiger partial charge in [0, 0.05) is 24.5 Å². The first-order valence-corrected chi connectivity index (χ1v) is 15.5. The normalized spacial score (nSPS) is 17.6. The summed E-state index contributed by atoms with van der Waals surface area (Å²) in [5.74, 6) is -3.22. The van der Waals surface area contributed by atoms with E-state index in [4.69, 9.17) is 13.8 Å². The molecule has 0 aliphatic heterocycles. The minimum Gasteiger partial charge on any atom is -0.478 e. The summed E-state index contributed by atoms with van der Waals surface area (Å²) < 4.78 is 63.7. The molecular formula is C20H35NO12P2S+2. The zero-order chi connectivity index (χ0) is 27.5. The average molecular weight is 576 g/mol. The Kier molecular flexibility index (Phi) is 13.5. The van der Waals surface area contributed by atoms with Gasteiger partial charge in [0.1, 0.15) is 4.31 Å². The molecule has 13 nitrogen and oxygen atoms in total. The minimum absolute atomic E-state index is 0.0104. The first-order chi connectivity index (χ1) is 16.7. The molecule has 206 valence electrons. The van der Waals surface area contributed by atoms with Gasteiger partial charge in [-0.1, -0.05) is 33.1 Å². The quantitative estimate of drug-likeness (QED) is 0.105. The molecule has 1 amide bonds. The lowest BCUT2D eigenvalue weighted by atomic mass is 9.81. The molecule has 0 saturated heterocycles. The molecule has 1 rings (SSSR count). The number of aliphatic carboxylic acids is 1. The second-order valence-electron chi connectivity index (χ2n) is 9.14. The molecule has 3 unspecified atom stereocenters. The van der Waals surface area contributed by atoms with Crippen LogP contribution in [0.2, 0.25) is 0 Å². The molecule has 0 aromatic rings. The van der Waals surface area contributed by atoms with Crippen LogP contribution in [0.4, 0.5) is 0 Å². The maximum Gasteiger partial charge on any atom is 0.742 e. The van der Waals surface area contributed by atoms with Crippen molar-refractivity contribution in [3.05, 3.63) is 0 Å². The zero-order valence-electron chi connectivity index (χ0n) is 20.6. The second-order valence-corrected chi connectivity index (χ2v) is 13.1. The third kappa shape index (κ3) is 11.2. The smallest absolute Gasteiger partial charge is 0.478 e. The number of carboxylic acids is 1. The van der Waals surface area contributed by atoms with E-state index >= 15 is 0 Å². The number of ether oxygens (including phenoxy) is 1. The van der Waals surface area contributed by atoms with E-state index in [9.17, 15) is 37.0 Å². The van der Waals surface area contributed by atoms with E-state index < -0.39 is 61.3 Å². The zero-order valence-corrected chi connectivity index (χ0v) is 23.2. The number of esters is 1. The lowest BCUT2D eigenvalue weighted by Crippen LogP contribution is -2.46. The van der Waals surface area contributed by atoms with E-state index in [1.807, 2.05) is 0 Å². The molecule has 0 heterocycles. The summed E-state index contributed by atoms with van der Waals surface area (Å²) in [6.45, 7) is 3.59. The molecule has 0 radical (unpaired) electrons. The number of nitrogens with one attached hydrogen (secondary N) is 1. The summed E-state index contributed by atoms with van der Waals surface area (Å²) >= 11 is 0. The molecule has 4 atom stereocenters. The topological polar surface area (TPSA) is 200 Å². The van der Waals surface area contributed by atoms with Crippen LogP contribution in [0.25, 0.3) is 0 Å². The predicted octanol–water partition coefficient (Wildman–Crippen LogP) is 2.63. The van der Waals surface area contributed by atoms with Crippen molar-refractivity contribution in [1.82, 2.24) is 5.32 Å². The van der Waals surface area contributed by atoms with Gasteiger partial charge in [-0.25, -0.2) is 4.79 Å². The van der Waals surface area contributed by atoms with Crippen LogP contribution in [0.3, 0.4) is 0 Å². The monoisotopic (exact) mass is 575 g/mol. The van der Waals surface area contributed by atoms with Gasteiger partial charge < -0.3 is 15.2 Å². The van der Waals surface area contributed by atoms with Crippen molar-refractivity contribution in [1.29, 1.82) is 0 Å². The average Bonchev–Trinajstić information content (AvgIpc) is 2.75. The molecular weight excluding hydrogens is 540 g/mol. The number of carbonyl (C=O) groups excluding carboxylic acids is 2. The number of hydrogen-bond acceptors (Lipinski definition) is 10. The minimum atomic E-state index is -4.27. The first-order valence-electron chi connectivity index (χ1n) is 11.5. The van der Waals surface area contributed by atoms with Crippen molar-refractivity contribution in [3.8, 4) is 0 Å². The third-order valence-corrected chi connectivity index (χ3v) is 9.73. The maximum absolute atomic E-state index is 12.6. The van der Waals surface area contributed by atoms with E-state index in [0.717, 1.165) is 19.3 Å². The molecule has 0 aromatic carbocycles. The van der Waals surface area contributed by atoms with Gasteiger partial charge in [0.05, 0.1) is 29.8 Å². The van der Waals surface area contributed by atoms with Crippen LogP contribution in [-0.4, -0.2) is 66.9 Å². The van der Waals surface area contributed by atoms with Crippen LogP contribution in [-0.2, 0) is 46.9 Å². The molecule has 3 N–H and O–H groups in total. The molecule has 0 aromatic heterocycles. The van der Waals surface area contributed by atoms with Crippen molar-refractivity contribution in [2.45, 2.75) is 77.5 Å². The second kappa shape index (κ2) is 15.0.